The first-order valence-electron chi connectivity index (χ1n) is 5.60. The number of para-hydroxylation sites is 1. The number of amides is 2. The van der Waals surface area contributed by atoms with Crippen molar-refractivity contribution in [3.05, 3.63) is 29.8 Å². The van der Waals surface area contributed by atoms with E-state index in [9.17, 15) is 18.0 Å². The fraction of sp³-hybridized carbons (Fsp3) is 0.417. The van der Waals surface area contributed by atoms with E-state index in [1.807, 2.05) is 0 Å². The van der Waals surface area contributed by atoms with Crippen LogP contribution in [0.3, 0.4) is 0 Å². The summed E-state index contributed by atoms with van der Waals surface area (Å²) in [6.07, 6.45) is -3.76. The quantitative estimate of drug-likeness (QED) is 0.828. The molecule has 2 amide bonds. The summed E-state index contributed by atoms with van der Waals surface area (Å²) in [5.74, 6) is 0. The second kappa shape index (κ2) is 6.79. The van der Waals surface area contributed by atoms with Crippen LogP contribution in [0.2, 0.25) is 0 Å². The van der Waals surface area contributed by atoms with Crippen LogP contribution >= 0.6 is 15.9 Å². The summed E-state index contributed by atoms with van der Waals surface area (Å²) in [6, 6.07) is 4.35. The van der Waals surface area contributed by atoms with Gasteiger partial charge in [0, 0.05) is 18.9 Å². The van der Waals surface area contributed by atoms with Gasteiger partial charge in [0.2, 0.25) is 0 Å². The number of hydrogen-bond acceptors (Lipinski definition) is 1. The number of carbonyl (C=O) groups is 1. The summed E-state index contributed by atoms with van der Waals surface area (Å²) in [5.41, 5.74) is -1.08. The molecule has 0 saturated carbocycles. The molecule has 0 aliphatic rings. The van der Waals surface area contributed by atoms with E-state index >= 15 is 0 Å². The molecule has 19 heavy (non-hydrogen) atoms. The third kappa shape index (κ3) is 4.74. The monoisotopic (exact) mass is 338 g/mol. The molecule has 3 nitrogen and oxygen atoms in total. The predicted molar refractivity (Wildman–Crippen MR) is 71.5 cm³/mol. The highest BCUT2D eigenvalue weighted by atomic mass is 79.9. The van der Waals surface area contributed by atoms with Crippen LogP contribution in [0.4, 0.5) is 23.7 Å². The molecule has 106 valence electrons. The van der Waals surface area contributed by atoms with Crippen molar-refractivity contribution in [2.45, 2.75) is 12.6 Å². The molecule has 1 aromatic rings. The first-order chi connectivity index (χ1) is 8.86. The Balaban J connectivity index is 2.80. The van der Waals surface area contributed by atoms with Crippen LogP contribution in [-0.2, 0) is 6.18 Å². The second-order valence-electron chi connectivity index (χ2n) is 3.94. The van der Waals surface area contributed by atoms with Gasteiger partial charge in [0.15, 0.2) is 0 Å². The molecule has 1 rings (SSSR count). The molecule has 0 fully saturated rings. The Morgan fingerprint density at radius 3 is 2.58 bits per heavy atom. The van der Waals surface area contributed by atoms with Crippen molar-refractivity contribution in [3.8, 4) is 0 Å². The second-order valence-corrected chi connectivity index (χ2v) is 4.73. The molecule has 1 N–H and O–H groups in total. The molecule has 0 aliphatic heterocycles. The first kappa shape index (κ1) is 15.8. The molecule has 0 atom stereocenters. The minimum absolute atomic E-state index is 0.231. The molecule has 0 heterocycles. The van der Waals surface area contributed by atoms with Gasteiger partial charge >= 0.3 is 12.2 Å². The van der Waals surface area contributed by atoms with Crippen molar-refractivity contribution in [2.75, 3.05) is 24.2 Å². The van der Waals surface area contributed by atoms with E-state index in [-0.39, 0.29) is 5.69 Å². The van der Waals surface area contributed by atoms with Crippen molar-refractivity contribution in [2.24, 2.45) is 0 Å². The van der Waals surface area contributed by atoms with Crippen molar-refractivity contribution in [1.82, 2.24) is 4.90 Å². The van der Waals surface area contributed by atoms with Crippen LogP contribution in [0, 0.1) is 0 Å². The fourth-order valence-corrected chi connectivity index (χ4v) is 1.70. The summed E-state index contributed by atoms with van der Waals surface area (Å²) in [7, 11) is 1.54. The Labute approximate surface area is 117 Å². The SMILES string of the molecule is CN(CCCBr)C(=O)Nc1ccccc1C(F)(F)F. The van der Waals surface area contributed by atoms with Gasteiger partial charge in [-0.05, 0) is 18.6 Å². The molecule has 0 saturated heterocycles. The van der Waals surface area contributed by atoms with Gasteiger partial charge in [-0.3, -0.25) is 0 Å². The number of anilines is 1. The van der Waals surface area contributed by atoms with Gasteiger partial charge in [-0.1, -0.05) is 28.1 Å². The maximum atomic E-state index is 12.7. The van der Waals surface area contributed by atoms with Gasteiger partial charge in [-0.25, -0.2) is 4.79 Å². The van der Waals surface area contributed by atoms with E-state index in [2.05, 4.69) is 21.2 Å². The van der Waals surface area contributed by atoms with Crippen LogP contribution in [-0.4, -0.2) is 29.9 Å². The third-order valence-electron chi connectivity index (χ3n) is 2.45. The lowest BCUT2D eigenvalue weighted by Crippen LogP contribution is -2.33. The Bertz CT molecular complexity index is 437. The average Bonchev–Trinajstić information content (AvgIpc) is 2.35. The topological polar surface area (TPSA) is 32.3 Å². The number of hydrogen-bond donors (Lipinski definition) is 1. The normalized spacial score (nSPS) is 11.2. The molecule has 0 radical (unpaired) electrons. The van der Waals surface area contributed by atoms with Crippen LogP contribution in [0.5, 0.6) is 0 Å². The van der Waals surface area contributed by atoms with Gasteiger partial charge in [0.05, 0.1) is 11.3 Å². The minimum Gasteiger partial charge on any atom is -0.328 e. The first-order valence-corrected chi connectivity index (χ1v) is 6.72. The minimum atomic E-state index is -4.49. The number of carbonyl (C=O) groups excluding carboxylic acids is 1. The highest BCUT2D eigenvalue weighted by Gasteiger charge is 2.33. The molecule has 0 unspecified atom stereocenters. The van der Waals surface area contributed by atoms with Crippen molar-refractivity contribution in [3.63, 3.8) is 0 Å². The lowest BCUT2D eigenvalue weighted by molar-refractivity contribution is -0.136. The molecular weight excluding hydrogens is 325 g/mol. The summed E-state index contributed by atoms with van der Waals surface area (Å²) in [6.45, 7) is 0.464. The van der Waals surface area contributed by atoms with Crippen LogP contribution in [0.25, 0.3) is 0 Å². The van der Waals surface area contributed by atoms with Crippen molar-refractivity contribution >= 4 is 27.6 Å². The molecule has 0 spiro atoms. The van der Waals surface area contributed by atoms with E-state index in [1.165, 1.54) is 30.1 Å². The summed E-state index contributed by atoms with van der Waals surface area (Å²) >= 11 is 3.22. The summed E-state index contributed by atoms with van der Waals surface area (Å²) in [5, 5.41) is 3.00. The Morgan fingerprint density at radius 1 is 1.37 bits per heavy atom. The van der Waals surface area contributed by atoms with E-state index in [4.69, 9.17) is 0 Å². The zero-order valence-corrected chi connectivity index (χ0v) is 11.9. The molecule has 1 aromatic carbocycles. The zero-order chi connectivity index (χ0) is 14.5. The lowest BCUT2D eigenvalue weighted by Gasteiger charge is -2.19. The number of nitrogens with zero attached hydrogens (tertiary/aromatic N) is 1. The molecule has 7 heteroatoms. The summed E-state index contributed by atoms with van der Waals surface area (Å²) < 4.78 is 38.2. The molecular formula is C12H14BrF3N2O. The molecule has 0 aliphatic carbocycles. The Kier molecular flexibility index (Phi) is 5.65. The smallest absolute Gasteiger partial charge is 0.328 e. The van der Waals surface area contributed by atoms with Gasteiger partial charge in [-0.15, -0.1) is 0 Å². The predicted octanol–water partition coefficient (Wildman–Crippen LogP) is 3.95. The Hall–Kier alpha value is -1.24. The average molecular weight is 339 g/mol. The van der Waals surface area contributed by atoms with Crippen LogP contribution < -0.4 is 5.32 Å². The number of urea groups is 1. The lowest BCUT2D eigenvalue weighted by atomic mass is 10.1. The maximum absolute atomic E-state index is 12.7. The van der Waals surface area contributed by atoms with E-state index in [1.54, 1.807) is 0 Å². The largest absolute Gasteiger partial charge is 0.418 e. The zero-order valence-electron chi connectivity index (χ0n) is 10.3. The van der Waals surface area contributed by atoms with Gasteiger partial charge < -0.3 is 10.2 Å². The third-order valence-corrected chi connectivity index (χ3v) is 3.01. The maximum Gasteiger partial charge on any atom is 0.418 e. The summed E-state index contributed by atoms with van der Waals surface area (Å²) in [4.78, 5) is 13.1. The standard InChI is InChI=1S/C12H14BrF3N2O/c1-18(8-4-7-13)11(19)17-10-6-3-2-5-9(10)12(14,15)16/h2-3,5-6H,4,7-8H2,1H3,(H,17,19). The van der Waals surface area contributed by atoms with Gasteiger partial charge in [0.1, 0.15) is 0 Å². The number of benzene rings is 1. The van der Waals surface area contributed by atoms with Crippen LogP contribution in [0.1, 0.15) is 12.0 Å². The van der Waals surface area contributed by atoms with E-state index < -0.39 is 17.8 Å². The fourth-order valence-electron chi connectivity index (χ4n) is 1.45. The number of rotatable bonds is 4. The molecule has 0 aromatic heterocycles. The highest BCUT2D eigenvalue weighted by molar-refractivity contribution is 9.09. The van der Waals surface area contributed by atoms with E-state index in [0.29, 0.717) is 6.54 Å². The van der Waals surface area contributed by atoms with Crippen molar-refractivity contribution in [1.29, 1.82) is 0 Å². The molecule has 0 bridgehead atoms. The number of alkyl halides is 4. The van der Waals surface area contributed by atoms with Crippen molar-refractivity contribution < 1.29 is 18.0 Å². The van der Waals surface area contributed by atoms with Gasteiger partial charge in [0.25, 0.3) is 0 Å². The van der Waals surface area contributed by atoms with Gasteiger partial charge in [-0.2, -0.15) is 13.2 Å². The van der Waals surface area contributed by atoms with Crippen LogP contribution in [0.15, 0.2) is 24.3 Å². The Morgan fingerprint density at radius 2 is 2.00 bits per heavy atom. The number of halogens is 4. The van der Waals surface area contributed by atoms with E-state index in [0.717, 1.165) is 17.8 Å². The number of nitrogens with one attached hydrogen (secondary N) is 1. The highest BCUT2D eigenvalue weighted by Crippen LogP contribution is 2.34.